The zero-order valence-electron chi connectivity index (χ0n) is 58.4. The first-order valence-electron chi connectivity index (χ1n) is 34.3. The summed E-state index contributed by atoms with van der Waals surface area (Å²) >= 11 is 0. The minimum atomic E-state index is -0.0569. The van der Waals surface area contributed by atoms with Gasteiger partial charge in [-0.05, 0) is 91.9 Å². The molecule has 0 saturated carbocycles. The maximum Gasteiger partial charge on any atom is 0.223 e. The molecule has 0 radical (unpaired) electrons. The minimum Gasteiger partial charge on any atom is -0.488 e. The molecule has 0 unspecified atom stereocenters. The second kappa shape index (κ2) is 65.5. The molecule has 17 heteroatoms. The van der Waals surface area contributed by atoms with Crippen LogP contribution in [-0.2, 0) is 35.8 Å². The van der Waals surface area contributed by atoms with Crippen LogP contribution in [0.2, 0.25) is 0 Å². The number of aromatic nitrogens is 2. The van der Waals surface area contributed by atoms with Gasteiger partial charge in [0.25, 0.3) is 0 Å². The molecule has 6 N–H and O–H groups in total. The van der Waals surface area contributed by atoms with Crippen molar-refractivity contribution >= 4 is 49.6 Å². The minimum absolute atomic E-state index is 0. The van der Waals surface area contributed by atoms with Crippen LogP contribution in [0.25, 0.3) is 0 Å². The summed E-state index contributed by atoms with van der Waals surface area (Å²) in [7, 11) is 8.27. The Balaban J connectivity index is -0.000000503. The van der Waals surface area contributed by atoms with Crippen LogP contribution in [0.4, 0.5) is 0 Å². The molecule has 4 aromatic rings. The predicted octanol–water partition coefficient (Wildman–Crippen LogP) is 17.8. The third kappa shape index (κ3) is 50.9. The van der Waals surface area contributed by atoms with Crippen molar-refractivity contribution in [1.82, 2.24) is 18.9 Å². The van der Waals surface area contributed by atoms with Gasteiger partial charge in [0.05, 0.1) is 38.8 Å². The molecule has 0 atom stereocenters. The van der Waals surface area contributed by atoms with Crippen molar-refractivity contribution < 1.29 is 35.4 Å². The van der Waals surface area contributed by atoms with E-state index in [9.17, 15) is 9.59 Å². The lowest BCUT2D eigenvalue weighted by Gasteiger charge is -2.17. The van der Waals surface area contributed by atoms with Crippen molar-refractivity contribution in [2.75, 3.05) is 67.7 Å². The highest BCUT2D eigenvalue weighted by Crippen LogP contribution is 2.19. The van der Waals surface area contributed by atoms with Gasteiger partial charge in [-0.3, -0.25) is 9.59 Å². The van der Waals surface area contributed by atoms with E-state index < -0.39 is 0 Å². The number of hydrogen-bond donors (Lipinski definition) is 0. The fourth-order valence-corrected chi connectivity index (χ4v) is 10.7. The van der Waals surface area contributed by atoms with E-state index in [0.717, 1.165) is 63.0 Å². The van der Waals surface area contributed by atoms with Crippen LogP contribution < -0.4 is 20.3 Å². The van der Waals surface area contributed by atoms with E-state index in [1.165, 1.54) is 202 Å². The number of hydrogen-bond acceptors (Lipinski definition) is 8. The summed E-state index contributed by atoms with van der Waals surface area (Å²) in [5, 5.41) is 0. The lowest BCUT2D eigenvalue weighted by atomic mass is 10.0. The quantitative estimate of drug-likeness (QED) is 0.0391. The predicted molar refractivity (Wildman–Crippen MR) is 398 cm³/mol. The number of nitrogens with zero attached hydrogens (tertiary/aromatic N) is 4. The van der Waals surface area contributed by atoms with E-state index >= 15 is 0 Å². The number of ether oxygens (including phenoxy) is 4. The van der Waals surface area contributed by atoms with Gasteiger partial charge in [0, 0.05) is 49.8 Å². The first-order valence-corrected chi connectivity index (χ1v) is 34.3. The van der Waals surface area contributed by atoms with Crippen molar-refractivity contribution in [3.8, 4) is 11.5 Å². The number of halogens is 4. The molecule has 0 spiro atoms. The number of aryl methyl sites for hydroxylation is 2. The van der Waals surface area contributed by atoms with Crippen molar-refractivity contribution in [3.05, 3.63) is 127 Å². The molecule has 4 rings (SSSR count). The maximum atomic E-state index is 12.9. The Bertz CT molecular complexity index is 2160. The molecule has 0 bridgehead atoms. The summed E-state index contributed by atoms with van der Waals surface area (Å²) in [5.41, 5.74) is 6.54. The smallest absolute Gasteiger partial charge is 0.223 e. The molecule has 13 nitrogen and oxygen atoms in total. The maximum absolute atomic E-state index is 12.9. The van der Waals surface area contributed by atoms with Crippen LogP contribution in [0, 0.1) is 13.8 Å². The molecule has 0 fully saturated rings. The number of unbranched alkanes of at least 4 members (excludes halogenated alkanes) is 30. The van der Waals surface area contributed by atoms with Gasteiger partial charge in [-0.1, -0.05) is 266 Å². The van der Waals surface area contributed by atoms with Gasteiger partial charge < -0.3 is 54.3 Å². The highest BCUT2D eigenvalue weighted by Gasteiger charge is 2.12. The second-order valence-electron chi connectivity index (χ2n) is 24.9. The number of pyridine rings is 2. The third-order valence-electron chi connectivity index (χ3n) is 16.1. The first kappa shape index (κ1) is 96.5. The molecule has 2 aromatic carbocycles. The SMILES string of the molecule is CCCCCCCCCCCCCCCCCCOc1cn(Cc2ccc(C)cc2)c(COCCCN(C)C)cc1=O.CCCCCCCCCCCCCCCCCCOc1cn(Cc2ccc(C)cc2)c(COCCCN(C)C)cc1=O.Cl.Cl.Cl.Cl.O.O.O. The monoisotopic (exact) mass is 1360 g/mol. The van der Waals surface area contributed by atoms with Crippen molar-refractivity contribution in [2.24, 2.45) is 0 Å². The zero-order chi connectivity index (χ0) is 60.5. The molecule has 2 aromatic heterocycles. The Morgan fingerprint density at radius 2 is 0.604 bits per heavy atom. The van der Waals surface area contributed by atoms with E-state index in [1.807, 2.05) is 12.4 Å². The number of benzene rings is 2. The summed E-state index contributed by atoms with van der Waals surface area (Å²) in [6.07, 6.45) is 48.8. The van der Waals surface area contributed by atoms with E-state index in [-0.39, 0.29) is 76.9 Å². The molecule has 0 amide bonds. The van der Waals surface area contributed by atoms with Crippen LogP contribution in [-0.4, -0.2) is 103 Å². The van der Waals surface area contributed by atoms with Crippen LogP contribution in [0.15, 0.2) is 82.6 Å². The van der Waals surface area contributed by atoms with Crippen LogP contribution in [0.5, 0.6) is 11.5 Å². The lowest BCUT2D eigenvalue weighted by molar-refractivity contribution is 0.108. The fraction of sp³-hybridized carbons (Fsp3) is 0.703. The van der Waals surface area contributed by atoms with E-state index in [4.69, 9.17) is 18.9 Å². The molecule has 0 aliphatic rings. The van der Waals surface area contributed by atoms with Gasteiger partial charge in [-0.2, -0.15) is 0 Å². The molecule has 91 heavy (non-hydrogen) atoms. The fourth-order valence-electron chi connectivity index (χ4n) is 10.7. The molecular formula is C74H134Cl4N4O9. The normalized spacial score (nSPS) is 10.6. The summed E-state index contributed by atoms with van der Waals surface area (Å²) in [5.74, 6) is 0.888. The average molecular weight is 1370 g/mol. The van der Waals surface area contributed by atoms with Gasteiger partial charge in [-0.25, -0.2) is 0 Å². The standard InChI is InChI=1S/2C37H62N2O3.4ClH.3H2O/c2*1-5-6-7-8-9-10-11-12-13-14-15-16-17-18-19-20-28-42-37-31-39(30-34-24-22-33(2)23-25-34)35(29-36(37)40)32-41-27-21-26-38(3)4;;;;;;;/h2*22-25,29,31H,5-21,26-28,30,32H2,1-4H3;4*1H;3*1H2. The highest BCUT2D eigenvalue weighted by atomic mass is 35.5. The molecule has 0 aliphatic carbocycles. The van der Waals surface area contributed by atoms with Crippen LogP contribution in [0.1, 0.15) is 266 Å². The van der Waals surface area contributed by atoms with Gasteiger partial charge in [0.1, 0.15) is 0 Å². The zero-order valence-corrected chi connectivity index (χ0v) is 61.7. The summed E-state index contributed by atoms with van der Waals surface area (Å²) in [6.45, 7) is 15.5. The van der Waals surface area contributed by atoms with Gasteiger partial charge >= 0.3 is 0 Å². The third-order valence-corrected chi connectivity index (χ3v) is 16.1. The second-order valence-corrected chi connectivity index (χ2v) is 24.9. The topological polar surface area (TPSA) is 182 Å². The Labute approximate surface area is 579 Å². The van der Waals surface area contributed by atoms with Crippen LogP contribution in [0.3, 0.4) is 0 Å². The summed E-state index contributed by atoms with van der Waals surface area (Å²) in [6, 6.07) is 20.5. The first-order chi connectivity index (χ1) is 41.0. The van der Waals surface area contributed by atoms with Crippen molar-refractivity contribution in [1.29, 1.82) is 0 Å². The Morgan fingerprint density at radius 3 is 0.857 bits per heavy atom. The highest BCUT2D eigenvalue weighted by molar-refractivity contribution is 5.86. The summed E-state index contributed by atoms with van der Waals surface area (Å²) in [4.78, 5) is 30.0. The molecular weight excluding hydrogens is 1230 g/mol. The Morgan fingerprint density at radius 1 is 0.352 bits per heavy atom. The lowest BCUT2D eigenvalue weighted by Crippen LogP contribution is -2.18. The van der Waals surface area contributed by atoms with Crippen LogP contribution >= 0.6 is 49.6 Å². The molecule has 2 heterocycles. The van der Waals surface area contributed by atoms with E-state index in [0.29, 0.717) is 64.2 Å². The van der Waals surface area contributed by atoms with Gasteiger partial charge in [0.15, 0.2) is 11.5 Å². The molecule has 532 valence electrons. The van der Waals surface area contributed by atoms with Crippen molar-refractivity contribution in [3.63, 3.8) is 0 Å². The summed E-state index contributed by atoms with van der Waals surface area (Å²) < 4.78 is 28.1. The van der Waals surface area contributed by atoms with E-state index in [1.54, 1.807) is 12.1 Å². The molecule has 0 saturated heterocycles. The molecule has 0 aliphatic heterocycles. The Kier molecular flexibility index (Phi) is 69.4. The number of rotatable bonds is 52. The van der Waals surface area contributed by atoms with Gasteiger partial charge in [-0.15, -0.1) is 49.6 Å². The van der Waals surface area contributed by atoms with E-state index in [2.05, 4.69) is 123 Å². The Hall–Kier alpha value is -3.18. The largest absolute Gasteiger partial charge is 0.488 e. The van der Waals surface area contributed by atoms with Gasteiger partial charge in [0.2, 0.25) is 10.9 Å². The van der Waals surface area contributed by atoms with Crippen molar-refractivity contribution in [2.45, 2.75) is 272 Å². The average Bonchev–Trinajstić information content (AvgIpc) is 1.95.